The van der Waals surface area contributed by atoms with Crippen LogP contribution >= 0.6 is 0 Å². The van der Waals surface area contributed by atoms with Gasteiger partial charge in [0.1, 0.15) is 11.3 Å². The summed E-state index contributed by atoms with van der Waals surface area (Å²) in [6.07, 6.45) is 3.25. The van der Waals surface area contributed by atoms with Crippen LogP contribution in [0, 0.1) is 17.6 Å². The first-order valence-electron chi connectivity index (χ1n) is 13.8. The molecule has 1 aliphatic carbocycles. The van der Waals surface area contributed by atoms with Gasteiger partial charge in [-0.05, 0) is 68.4 Å². The van der Waals surface area contributed by atoms with E-state index in [9.17, 15) is 19.1 Å². The Kier molecular flexibility index (Phi) is 7.11. The first kappa shape index (κ1) is 27.5. The molecule has 2 aliphatic rings. The van der Waals surface area contributed by atoms with Crippen LogP contribution in [0.5, 0.6) is 0 Å². The van der Waals surface area contributed by atoms with E-state index in [4.69, 9.17) is 9.15 Å². The number of oxazole rings is 1. The van der Waals surface area contributed by atoms with Crippen LogP contribution in [0.15, 0.2) is 40.9 Å². The molecule has 1 aliphatic heterocycles. The number of ether oxygens (including phenoxy) is 1. The number of likely N-dealkylation sites (tertiary alicyclic amines) is 1. The summed E-state index contributed by atoms with van der Waals surface area (Å²) in [6, 6.07) is 7.22. The highest BCUT2D eigenvalue weighted by molar-refractivity contribution is 5.95. The molecule has 0 radical (unpaired) electrons. The van der Waals surface area contributed by atoms with Crippen molar-refractivity contribution in [2.45, 2.75) is 57.0 Å². The highest BCUT2D eigenvalue weighted by Gasteiger charge is 2.49. The lowest BCUT2D eigenvalue weighted by Gasteiger charge is -2.37. The second-order valence-corrected chi connectivity index (χ2v) is 11.0. The molecule has 0 amide bonds. The van der Waals surface area contributed by atoms with Crippen LogP contribution in [0.3, 0.4) is 0 Å². The van der Waals surface area contributed by atoms with E-state index in [1.807, 2.05) is 0 Å². The number of benzene rings is 2. The number of fused-ring (bicyclic) bond motifs is 2. The maximum atomic E-state index is 16.5. The predicted molar refractivity (Wildman–Crippen MR) is 144 cm³/mol. The van der Waals surface area contributed by atoms with E-state index < -0.39 is 47.8 Å². The molecule has 0 bridgehead atoms. The van der Waals surface area contributed by atoms with Gasteiger partial charge in [-0.2, -0.15) is 4.39 Å². The fraction of sp³-hybridized carbons (Fsp3) is 0.433. The Labute approximate surface area is 233 Å². The topological polar surface area (TPSA) is 97.8 Å². The SMILES string of the molecule is Cn1cc(-c2nc3ccc(CC(=O)C(F)(O[C@H]4CC[C@H](C(=O)O)CC4)N4CCCC4)c(F)c3o2)c2cc(F)ccc21. The Bertz CT molecular complexity index is 1640. The van der Waals surface area contributed by atoms with E-state index in [0.29, 0.717) is 62.6 Å². The number of ketones is 1. The van der Waals surface area contributed by atoms with Gasteiger partial charge in [-0.3, -0.25) is 9.59 Å². The summed E-state index contributed by atoms with van der Waals surface area (Å²) in [6.45, 7) is 0.649. The molecule has 216 valence electrons. The highest BCUT2D eigenvalue weighted by atomic mass is 19.2. The number of aryl methyl sites for hydroxylation is 1. The Morgan fingerprint density at radius 1 is 1.12 bits per heavy atom. The van der Waals surface area contributed by atoms with Crippen LogP contribution in [-0.2, 0) is 27.8 Å². The number of alkyl halides is 1. The number of Topliss-reactive ketones (excluding diaryl/α,β-unsaturated/α-hetero) is 1. The molecule has 0 spiro atoms. The third-order valence-corrected chi connectivity index (χ3v) is 8.31. The first-order chi connectivity index (χ1) is 19.6. The van der Waals surface area contributed by atoms with Crippen molar-refractivity contribution in [3.05, 3.63) is 53.7 Å². The second-order valence-electron chi connectivity index (χ2n) is 11.0. The molecule has 2 aromatic carbocycles. The minimum Gasteiger partial charge on any atom is -0.481 e. The zero-order valence-corrected chi connectivity index (χ0v) is 22.5. The van der Waals surface area contributed by atoms with Crippen LogP contribution in [-0.4, -0.2) is 56.5 Å². The Morgan fingerprint density at radius 3 is 2.56 bits per heavy atom. The molecule has 3 heterocycles. The smallest absolute Gasteiger partial charge is 0.330 e. The summed E-state index contributed by atoms with van der Waals surface area (Å²) in [4.78, 5) is 30.5. The number of halogens is 3. The standard InChI is InChI=1S/C30H30F3N3O5/c1-35-16-22(21-15-19(31)7-11-24(21)35)28-34-23-10-6-18(26(32)27(23)40-28)14-25(37)30(33,36-12-2-3-13-36)41-20-8-4-17(5-9-20)29(38)39/h6-7,10-11,15-17,20H,2-5,8-9,12-14H2,1H3,(H,38,39)/t17-,20-,30?. The van der Waals surface area contributed by atoms with Crippen LogP contribution in [0.4, 0.5) is 13.2 Å². The molecule has 1 atom stereocenters. The fourth-order valence-corrected chi connectivity index (χ4v) is 6.04. The number of carbonyl (C=O) groups excluding carboxylic acids is 1. The van der Waals surface area contributed by atoms with Gasteiger partial charge in [0.2, 0.25) is 11.7 Å². The lowest BCUT2D eigenvalue weighted by molar-refractivity contribution is -0.252. The lowest BCUT2D eigenvalue weighted by Crippen LogP contribution is -2.54. The van der Waals surface area contributed by atoms with Gasteiger partial charge in [0.25, 0.3) is 0 Å². The van der Waals surface area contributed by atoms with Crippen LogP contribution in [0.2, 0.25) is 0 Å². The molecule has 2 aromatic heterocycles. The molecular weight excluding hydrogens is 539 g/mol. The van der Waals surface area contributed by atoms with Gasteiger partial charge in [0.15, 0.2) is 11.4 Å². The summed E-state index contributed by atoms with van der Waals surface area (Å²) in [5.41, 5.74) is 1.19. The number of aliphatic carboxylic acids is 1. The molecule has 2 fully saturated rings. The van der Waals surface area contributed by atoms with E-state index in [-0.39, 0.29) is 22.6 Å². The quantitative estimate of drug-likeness (QED) is 0.270. The number of nitrogens with zero attached hydrogens (tertiary/aromatic N) is 3. The molecule has 1 unspecified atom stereocenters. The maximum Gasteiger partial charge on any atom is 0.330 e. The van der Waals surface area contributed by atoms with Crippen molar-refractivity contribution in [3.63, 3.8) is 0 Å². The van der Waals surface area contributed by atoms with Gasteiger partial charge >= 0.3 is 11.9 Å². The van der Waals surface area contributed by atoms with Crippen LogP contribution in [0.25, 0.3) is 33.5 Å². The number of hydrogen-bond acceptors (Lipinski definition) is 6. The molecule has 1 saturated carbocycles. The number of aromatic nitrogens is 2. The first-order valence-corrected chi connectivity index (χ1v) is 13.8. The van der Waals surface area contributed by atoms with Crippen molar-refractivity contribution in [1.29, 1.82) is 0 Å². The maximum absolute atomic E-state index is 16.5. The summed E-state index contributed by atoms with van der Waals surface area (Å²) in [5.74, 6) is -6.24. The van der Waals surface area contributed by atoms with E-state index in [2.05, 4.69) is 4.98 Å². The van der Waals surface area contributed by atoms with Crippen LogP contribution < -0.4 is 0 Å². The Balaban J connectivity index is 1.27. The minimum absolute atomic E-state index is 0.0615. The third kappa shape index (κ3) is 5.01. The number of hydrogen-bond donors (Lipinski definition) is 1. The largest absolute Gasteiger partial charge is 0.481 e. The van der Waals surface area contributed by atoms with Crippen molar-refractivity contribution in [2.24, 2.45) is 13.0 Å². The summed E-state index contributed by atoms with van der Waals surface area (Å²) in [7, 11) is 1.79. The van der Waals surface area contributed by atoms with Gasteiger partial charge in [0, 0.05) is 43.7 Å². The van der Waals surface area contributed by atoms with Crippen molar-refractivity contribution in [1.82, 2.24) is 14.5 Å². The van der Waals surface area contributed by atoms with Crippen molar-refractivity contribution in [2.75, 3.05) is 13.1 Å². The van der Waals surface area contributed by atoms with E-state index in [0.717, 1.165) is 5.52 Å². The average Bonchev–Trinajstić information content (AvgIpc) is 3.70. The van der Waals surface area contributed by atoms with E-state index >= 15 is 8.78 Å². The number of carbonyl (C=O) groups is 2. The van der Waals surface area contributed by atoms with Gasteiger partial charge < -0.3 is 18.8 Å². The average molecular weight is 570 g/mol. The minimum atomic E-state index is -2.75. The zero-order valence-electron chi connectivity index (χ0n) is 22.5. The molecule has 8 nitrogen and oxygen atoms in total. The normalized spacial score (nSPS) is 21.5. The number of carboxylic acid groups (broad SMARTS) is 1. The van der Waals surface area contributed by atoms with Crippen molar-refractivity contribution >= 4 is 33.8 Å². The molecule has 1 N–H and O–H groups in total. The summed E-state index contributed by atoms with van der Waals surface area (Å²) >= 11 is 0. The zero-order chi connectivity index (χ0) is 28.9. The second kappa shape index (κ2) is 10.6. The lowest BCUT2D eigenvalue weighted by atomic mass is 9.87. The molecule has 4 aromatic rings. The molecule has 6 rings (SSSR count). The van der Waals surface area contributed by atoms with E-state index in [1.54, 1.807) is 23.9 Å². The van der Waals surface area contributed by atoms with Gasteiger partial charge in [-0.1, -0.05) is 6.07 Å². The van der Waals surface area contributed by atoms with E-state index in [1.165, 1.54) is 29.2 Å². The predicted octanol–water partition coefficient (Wildman–Crippen LogP) is 5.76. The summed E-state index contributed by atoms with van der Waals surface area (Å²) < 4.78 is 59.6. The molecule has 11 heteroatoms. The van der Waals surface area contributed by atoms with Crippen molar-refractivity contribution < 1.29 is 37.0 Å². The Hall–Kier alpha value is -3.70. The summed E-state index contributed by atoms with van der Waals surface area (Å²) in [5, 5.41) is 9.82. The van der Waals surface area contributed by atoms with Gasteiger partial charge in [0.05, 0.1) is 17.6 Å². The fourth-order valence-electron chi connectivity index (χ4n) is 6.04. The Morgan fingerprint density at radius 2 is 1.85 bits per heavy atom. The molecule has 41 heavy (non-hydrogen) atoms. The highest BCUT2D eigenvalue weighted by Crippen LogP contribution is 2.36. The number of rotatable bonds is 8. The monoisotopic (exact) mass is 569 g/mol. The van der Waals surface area contributed by atoms with Gasteiger partial charge in [-0.25, -0.2) is 18.7 Å². The van der Waals surface area contributed by atoms with Gasteiger partial charge in [-0.15, -0.1) is 0 Å². The molecular formula is C30H30F3N3O5. The van der Waals surface area contributed by atoms with Crippen LogP contribution in [0.1, 0.15) is 44.1 Å². The third-order valence-electron chi connectivity index (χ3n) is 8.31. The molecule has 1 saturated heterocycles. The number of carboxylic acids is 1. The van der Waals surface area contributed by atoms with Crippen molar-refractivity contribution in [3.8, 4) is 11.5 Å².